The van der Waals surface area contributed by atoms with Crippen molar-refractivity contribution in [2.75, 3.05) is 60.0 Å². The number of amides is 1. The molecule has 9 heteroatoms. The molecule has 7 nitrogen and oxygen atoms in total. The Morgan fingerprint density at radius 3 is 2.70 bits per heavy atom. The summed E-state index contributed by atoms with van der Waals surface area (Å²) in [5.74, 6) is 0.548. The first-order chi connectivity index (χ1) is 14.0. The van der Waals surface area contributed by atoms with Gasteiger partial charge in [-0.15, -0.1) is 24.0 Å². The van der Waals surface area contributed by atoms with Gasteiger partial charge in [0.15, 0.2) is 5.96 Å². The van der Waals surface area contributed by atoms with Gasteiger partial charge in [-0.25, -0.2) is 9.38 Å². The summed E-state index contributed by atoms with van der Waals surface area (Å²) in [6.07, 6.45) is 2.36. The van der Waals surface area contributed by atoms with Gasteiger partial charge in [0.05, 0.1) is 6.10 Å². The lowest BCUT2D eigenvalue weighted by atomic mass is 10.2. The summed E-state index contributed by atoms with van der Waals surface area (Å²) in [5.41, 5.74) is 0.987. The van der Waals surface area contributed by atoms with E-state index in [4.69, 9.17) is 4.74 Å². The fourth-order valence-electron chi connectivity index (χ4n) is 3.57. The second-order valence-electron chi connectivity index (χ2n) is 7.84. The number of likely N-dealkylation sites (N-methyl/N-ethyl adjacent to an activating group) is 1. The van der Waals surface area contributed by atoms with Crippen molar-refractivity contribution in [3.63, 3.8) is 0 Å². The number of guanidine groups is 1. The van der Waals surface area contributed by atoms with Crippen LogP contribution < -0.4 is 5.32 Å². The van der Waals surface area contributed by atoms with E-state index in [-0.39, 0.29) is 48.3 Å². The molecule has 168 valence electrons. The van der Waals surface area contributed by atoms with Gasteiger partial charge >= 0.3 is 0 Å². The van der Waals surface area contributed by atoms with Gasteiger partial charge in [0.25, 0.3) is 0 Å². The monoisotopic (exact) mass is 533 g/mol. The van der Waals surface area contributed by atoms with Crippen molar-refractivity contribution in [3.05, 3.63) is 35.6 Å². The number of carbonyl (C=O) groups is 1. The van der Waals surface area contributed by atoms with Crippen LogP contribution in [0.3, 0.4) is 0 Å². The molecule has 1 unspecified atom stereocenters. The Labute approximate surface area is 195 Å². The molecule has 3 rings (SSSR count). The molecule has 2 aliphatic heterocycles. The summed E-state index contributed by atoms with van der Waals surface area (Å²) in [5, 5.41) is 3.41. The van der Waals surface area contributed by atoms with Crippen molar-refractivity contribution in [3.8, 4) is 0 Å². The van der Waals surface area contributed by atoms with Crippen LogP contribution >= 0.6 is 24.0 Å². The predicted molar refractivity (Wildman–Crippen MR) is 127 cm³/mol. The summed E-state index contributed by atoms with van der Waals surface area (Å²) >= 11 is 0. The Balaban J connectivity index is 0.00000320. The van der Waals surface area contributed by atoms with Gasteiger partial charge in [0, 0.05) is 60.0 Å². The number of carbonyl (C=O) groups excluding carboxylic acids is 1. The fourth-order valence-corrected chi connectivity index (χ4v) is 3.57. The first-order valence-electron chi connectivity index (χ1n) is 10.3. The average Bonchev–Trinajstić information content (AvgIpc) is 3.22. The van der Waals surface area contributed by atoms with Crippen molar-refractivity contribution in [1.29, 1.82) is 0 Å². The zero-order chi connectivity index (χ0) is 20.6. The minimum absolute atomic E-state index is 0. The van der Waals surface area contributed by atoms with E-state index in [1.165, 1.54) is 6.07 Å². The van der Waals surface area contributed by atoms with Crippen molar-refractivity contribution in [2.24, 2.45) is 4.99 Å². The number of piperazine rings is 1. The van der Waals surface area contributed by atoms with E-state index >= 15 is 0 Å². The Bertz CT molecular complexity index is 704. The van der Waals surface area contributed by atoms with E-state index < -0.39 is 0 Å². The molecule has 0 aromatic heterocycles. The van der Waals surface area contributed by atoms with Gasteiger partial charge in [-0.05, 0) is 30.5 Å². The summed E-state index contributed by atoms with van der Waals surface area (Å²) in [7, 11) is 3.48. The Hall–Kier alpha value is -1.46. The van der Waals surface area contributed by atoms with Gasteiger partial charge in [-0.1, -0.05) is 12.1 Å². The predicted octanol–water partition coefficient (Wildman–Crippen LogP) is 1.77. The molecule has 30 heavy (non-hydrogen) atoms. The molecule has 1 aromatic rings. The number of hydrogen-bond acceptors (Lipinski definition) is 4. The highest BCUT2D eigenvalue weighted by Gasteiger charge is 2.22. The molecule has 2 aliphatic rings. The van der Waals surface area contributed by atoms with E-state index in [1.54, 1.807) is 31.1 Å². The highest BCUT2D eigenvalue weighted by Crippen LogP contribution is 2.12. The number of halogens is 2. The van der Waals surface area contributed by atoms with Gasteiger partial charge in [0.1, 0.15) is 12.4 Å². The summed E-state index contributed by atoms with van der Waals surface area (Å²) in [4.78, 5) is 22.6. The molecule has 2 saturated heterocycles. The maximum Gasteiger partial charge on any atom is 0.243 e. The zero-order valence-corrected chi connectivity index (χ0v) is 20.2. The topological polar surface area (TPSA) is 60.4 Å². The van der Waals surface area contributed by atoms with Crippen LogP contribution in [0.15, 0.2) is 29.3 Å². The number of nitrogens with zero attached hydrogens (tertiary/aromatic N) is 4. The molecule has 0 aliphatic carbocycles. The third-order valence-corrected chi connectivity index (χ3v) is 5.34. The second-order valence-corrected chi connectivity index (χ2v) is 7.84. The van der Waals surface area contributed by atoms with Crippen LogP contribution in [0.2, 0.25) is 0 Å². The summed E-state index contributed by atoms with van der Waals surface area (Å²) < 4.78 is 19.1. The molecule has 0 bridgehead atoms. The van der Waals surface area contributed by atoms with E-state index in [0.29, 0.717) is 6.54 Å². The summed E-state index contributed by atoms with van der Waals surface area (Å²) in [6, 6.07) is 6.77. The normalized spacial score (nSPS) is 20.0. The molecular formula is C21H33FIN5O2. The number of benzene rings is 1. The van der Waals surface area contributed by atoms with Crippen LogP contribution in [-0.4, -0.2) is 92.6 Å². The van der Waals surface area contributed by atoms with E-state index in [9.17, 15) is 9.18 Å². The Kier molecular flexibility index (Phi) is 10.3. The lowest BCUT2D eigenvalue weighted by molar-refractivity contribution is -0.127. The van der Waals surface area contributed by atoms with Crippen LogP contribution in [0.25, 0.3) is 0 Å². The highest BCUT2D eigenvalue weighted by molar-refractivity contribution is 14.0. The first-order valence-corrected chi connectivity index (χ1v) is 10.3. The minimum atomic E-state index is -0.195. The highest BCUT2D eigenvalue weighted by atomic mass is 127. The molecule has 1 amide bonds. The molecule has 2 heterocycles. The van der Waals surface area contributed by atoms with Gasteiger partial charge in [-0.2, -0.15) is 0 Å². The van der Waals surface area contributed by atoms with Crippen molar-refractivity contribution >= 4 is 35.8 Å². The number of ether oxygens (including phenoxy) is 1. The molecule has 0 spiro atoms. The van der Waals surface area contributed by atoms with Crippen molar-refractivity contribution in [1.82, 2.24) is 20.0 Å². The Morgan fingerprint density at radius 2 is 2.07 bits per heavy atom. The number of rotatable bonds is 6. The zero-order valence-electron chi connectivity index (χ0n) is 17.8. The summed E-state index contributed by atoms with van der Waals surface area (Å²) in [6.45, 7) is 5.73. The molecule has 0 saturated carbocycles. The average molecular weight is 533 g/mol. The SMILES string of the molecule is CN(C)C(=O)CN=C(NCC1CCCO1)N1CCN(Cc2cccc(F)c2)CC1.I. The smallest absolute Gasteiger partial charge is 0.243 e. The number of nitrogens with one attached hydrogen (secondary N) is 1. The molecule has 0 radical (unpaired) electrons. The van der Waals surface area contributed by atoms with Crippen LogP contribution in [0.1, 0.15) is 18.4 Å². The quantitative estimate of drug-likeness (QED) is 0.344. The maximum absolute atomic E-state index is 13.4. The molecule has 1 aromatic carbocycles. The van der Waals surface area contributed by atoms with Gasteiger partial charge < -0.3 is 19.9 Å². The van der Waals surface area contributed by atoms with Crippen molar-refractivity contribution in [2.45, 2.75) is 25.5 Å². The standard InChI is InChI=1S/C21H32FN5O2.HI/c1-25(2)20(28)15-24-21(23-14-19-7-4-12-29-19)27-10-8-26(9-11-27)16-17-5-3-6-18(22)13-17;/h3,5-6,13,19H,4,7-12,14-16H2,1-2H3,(H,23,24);1H. The minimum Gasteiger partial charge on any atom is -0.376 e. The lowest BCUT2D eigenvalue weighted by Crippen LogP contribution is -2.53. The largest absolute Gasteiger partial charge is 0.376 e. The lowest BCUT2D eigenvalue weighted by Gasteiger charge is -2.37. The third-order valence-electron chi connectivity index (χ3n) is 5.34. The van der Waals surface area contributed by atoms with E-state index in [0.717, 1.165) is 63.7 Å². The van der Waals surface area contributed by atoms with E-state index in [2.05, 4.69) is 20.1 Å². The van der Waals surface area contributed by atoms with Gasteiger partial charge in [-0.3, -0.25) is 9.69 Å². The maximum atomic E-state index is 13.4. The van der Waals surface area contributed by atoms with Crippen LogP contribution in [0.4, 0.5) is 4.39 Å². The molecule has 1 atom stereocenters. The number of aliphatic imine (C=N–C) groups is 1. The Morgan fingerprint density at radius 1 is 1.30 bits per heavy atom. The molecule has 1 N–H and O–H groups in total. The van der Waals surface area contributed by atoms with Crippen LogP contribution in [0, 0.1) is 5.82 Å². The first kappa shape index (κ1) is 24.8. The number of hydrogen-bond donors (Lipinski definition) is 1. The van der Waals surface area contributed by atoms with Crippen LogP contribution in [0.5, 0.6) is 0 Å². The van der Waals surface area contributed by atoms with E-state index in [1.807, 2.05) is 6.07 Å². The second kappa shape index (κ2) is 12.4. The van der Waals surface area contributed by atoms with Crippen LogP contribution in [-0.2, 0) is 16.1 Å². The van der Waals surface area contributed by atoms with Gasteiger partial charge in [0.2, 0.25) is 5.91 Å². The van der Waals surface area contributed by atoms with Crippen molar-refractivity contribution < 1.29 is 13.9 Å². The third kappa shape index (κ3) is 7.66. The molecular weight excluding hydrogens is 500 g/mol. The molecule has 2 fully saturated rings. The fraction of sp³-hybridized carbons (Fsp3) is 0.619.